The van der Waals surface area contributed by atoms with Crippen LogP contribution >= 0.6 is 15.9 Å². The molecule has 0 aliphatic rings. The van der Waals surface area contributed by atoms with Gasteiger partial charge in [0.05, 0.1) is 12.2 Å². The highest BCUT2D eigenvalue weighted by molar-refractivity contribution is 9.11. The SMILES string of the molecule is B/C(C)=C(\O)C/C(O)=C/Br. The maximum absolute atomic E-state index is 9.09. The normalized spacial score (nSPS) is 14.8. The lowest BCUT2D eigenvalue weighted by Gasteiger charge is -1.99. The zero-order valence-corrected chi connectivity index (χ0v) is 7.64. The minimum Gasteiger partial charge on any atom is -0.513 e. The van der Waals surface area contributed by atoms with Crippen LogP contribution in [-0.4, -0.2) is 18.1 Å². The molecule has 4 heteroatoms. The molecule has 56 valence electrons. The monoisotopic (exact) mass is 204 g/mol. The molecule has 0 rings (SSSR count). The van der Waals surface area contributed by atoms with Crippen molar-refractivity contribution in [2.24, 2.45) is 0 Å². The van der Waals surface area contributed by atoms with Gasteiger partial charge < -0.3 is 10.2 Å². The van der Waals surface area contributed by atoms with Crippen molar-refractivity contribution in [2.75, 3.05) is 0 Å². The summed E-state index contributed by atoms with van der Waals surface area (Å²) in [7, 11) is 1.79. The summed E-state index contributed by atoms with van der Waals surface area (Å²) in [5.74, 6) is 0.340. The molecular formula is C6H10BBrO2. The second-order valence-electron chi connectivity index (χ2n) is 2.22. The Morgan fingerprint density at radius 1 is 1.60 bits per heavy atom. The topological polar surface area (TPSA) is 40.5 Å². The lowest BCUT2D eigenvalue weighted by atomic mass is 9.95. The van der Waals surface area contributed by atoms with Crippen LogP contribution in [0.5, 0.6) is 0 Å². The average Bonchev–Trinajstić information content (AvgIpc) is 1.87. The molecule has 2 N–H and O–H groups in total. The fourth-order valence-corrected chi connectivity index (χ4v) is 0.549. The number of hydrogen-bond acceptors (Lipinski definition) is 2. The average molecular weight is 205 g/mol. The third-order valence-corrected chi connectivity index (χ3v) is 1.58. The predicted octanol–water partition coefficient (Wildman–Crippen LogP) is 1.59. The van der Waals surface area contributed by atoms with Gasteiger partial charge in [-0.15, -0.1) is 0 Å². The van der Waals surface area contributed by atoms with Crippen LogP contribution in [0.4, 0.5) is 0 Å². The summed E-state index contributed by atoms with van der Waals surface area (Å²) in [5.41, 5.74) is 0.820. The summed E-state index contributed by atoms with van der Waals surface area (Å²) in [6, 6.07) is 0. The van der Waals surface area contributed by atoms with E-state index in [0.717, 1.165) is 5.47 Å². The lowest BCUT2D eigenvalue weighted by Crippen LogP contribution is -1.89. The largest absolute Gasteiger partial charge is 0.513 e. The van der Waals surface area contributed by atoms with Gasteiger partial charge in [-0.05, 0) is 6.92 Å². The van der Waals surface area contributed by atoms with E-state index in [9.17, 15) is 0 Å². The third-order valence-electron chi connectivity index (χ3n) is 1.05. The van der Waals surface area contributed by atoms with Gasteiger partial charge in [0, 0.05) is 4.99 Å². The Labute approximate surface area is 69.8 Å². The number of hydrogen-bond donors (Lipinski definition) is 2. The van der Waals surface area contributed by atoms with Gasteiger partial charge in [0.1, 0.15) is 13.6 Å². The van der Waals surface area contributed by atoms with Gasteiger partial charge in [0.25, 0.3) is 0 Å². The zero-order valence-electron chi connectivity index (χ0n) is 6.06. The fraction of sp³-hybridized carbons (Fsp3) is 0.333. The number of aliphatic hydroxyl groups excluding tert-OH is 2. The molecule has 0 aliphatic heterocycles. The van der Waals surface area contributed by atoms with Crippen LogP contribution in [0.15, 0.2) is 22.0 Å². The van der Waals surface area contributed by atoms with E-state index in [2.05, 4.69) is 15.9 Å². The van der Waals surface area contributed by atoms with Crippen LogP contribution < -0.4 is 0 Å². The molecule has 0 heterocycles. The molecule has 0 aliphatic carbocycles. The Bertz CT molecular complexity index is 171. The van der Waals surface area contributed by atoms with Gasteiger partial charge >= 0.3 is 0 Å². The molecule has 0 spiro atoms. The highest BCUT2D eigenvalue weighted by Gasteiger charge is 1.98. The van der Waals surface area contributed by atoms with Crippen LogP contribution in [-0.2, 0) is 0 Å². The molecule has 0 radical (unpaired) electrons. The molecule has 0 bridgehead atoms. The summed E-state index contributed by atoms with van der Waals surface area (Å²) in [6.07, 6.45) is 0.202. The van der Waals surface area contributed by atoms with E-state index in [1.807, 2.05) is 0 Å². The Balaban J connectivity index is 4.05. The maximum Gasteiger partial charge on any atom is 0.137 e. The molecule has 0 atom stereocenters. The molecule has 0 aromatic carbocycles. The molecule has 0 unspecified atom stereocenters. The second kappa shape index (κ2) is 4.44. The second-order valence-corrected chi connectivity index (χ2v) is 2.68. The van der Waals surface area contributed by atoms with Crippen molar-refractivity contribution in [3.8, 4) is 0 Å². The lowest BCUT2D eigenvalue weighted by molar-refractivity contribution is 0.341. The Kier molecular flexibility index (Phi) is 4.28. The maximum atomic E-state index is 9.09. The van der Waals surface area contributed by atoms with Crippen molar-refractivity contribution >= 4 is 23.8 Å². The van der Waals surface area contributed by atoms with Crippen LogP contribution in [0.2, 0.25) is 0 Å². The summed E-state index contributed by atoms with van der Waals surface area (Å²) in [6.45, 7) is 1.79. The minimum absolute atomic E-state index is 0.124. The van der Waals surface area contributed by atoms with E-state index in [0.29, 0.717) is 0 Å². The van der Waals surface area contributed by atoms with Gasteiger partial charge in [0.2, 0.25) is 0 Å². The minimum atomic E-state index is 0.124. The smallest absolute Gasteiger partial charge is 0.137 e. The zero-order chi connectivity index (χ0) is 8.15. The molecule has 0 fully saturated rings. The molecule has 0 saturated carbocycles. The van der Waals surface area contributed by atoms with Crippen molar-refractivity contribution in [3.63, 3.8) is 0 Å². The van der Waals surface area contributed by atoms with Gasteiger partial charge in [0.15, 0.2) is 0 Å². The third kappa shape index (κ3) is 3.61. The van der Waals surface area contributed by atoms with Crippen LogP contribution in [0, 0.1) is 0 Å². The molecule has 10 heavy (non-hydrogen) atoms. The van der Waals surface area contributed by atoms with E-state index in [1.54, 1.807) is 14.8 Å². The van der Waals surface area contributed by atoms with E-state index in [-0.39, 0.29) is 17.9 Å². The highest BCUT2D eigenvalue weighted by Crippen LogP contribution is 2.09. The highest BCUT2D eigenvalue weighted by atomic mass is 79.9. The summed E-state index contributed by atoms with van der Waals surface area (Å²) >= 11 is 2.95. The van der Waals surface area contributed by atoms with E-state index < -0.39 is 0 Å². The van der Waals surface area contributed by atoms with Crippen molar-refractivity contribution in [2.45, 2.75) is 13.3 Å². The predicted molar refractivity (Wildman–Crippen MR) is 48.1 cm³/mol. The van der Waals surface area contributed by atoms with Crippen molar-refractivity contribution in [1.82, 2.24) is 0 Å². The first-order valence-corrected chi connectivity index (χ1v) is 3.83. The van der Waals surface area contributed by atoms with Gasteiger partial charge in [-0.1, -0.05) is 21.4 Å². The quantitative estimate of drug-likeness (QED) is 0.530. The Hall–Kier alpha value is -0.375. The number of halogens is 1. The van der Waals surface area contributed by atoms with Crippen molar-refractivity contribution in [3.05, 3.63) is 22.0 Å². The number of aliphatic hydroxyl groups is 2. The van der Waals surface area contributed by atoms with Crippen molar-refractivity contribution < 1.29 is 10.2 Å². The first-order valence-electron chi connectivity index (χ1n) is 2.91. The van der Waals surface area contributed by atoms with E-state index in [4.69, 9.17) is 10.2 Å². The van der Waals surface area contributed by atoms with Gasteiger partial charge in [-0.3, -0.25) is 0 Å². The molecule has 0 amide bonds. The summed E-state index contributed by atoms with van der Waals surface area (Å²) in [4.78, 5) is 1.38. The number of allylic oxidation sites excluding steroid dienone is 1. The molecule has 2 nitrogen and oxygen atoms in total. The summed E-state index contributed by atoms with van der Waals surface area (Å²) in [5, 5.41) is 18.0. The molecule has 0 saturated heterocycles. The van der Waals surface area contributed by atoms with Gasteiger partial charge in [-0.25, -0.2) is 0 Å². The van der Waals surface area contributed by atoms with E-state index >= 15 is 0 Å². The van der Waals surface area contributed by atoms with Crippen LogP contribution in [0.25, 0.3) is 0 Å². The Morgan fingerprint density at radius 2 is 2.10 bits per heavy atom. The first-order chi connectivity index (χ1) is 4.57. The standard InChI is InChI=1S/C6H10BBrO2/c1-4(7)6(10)2-5(9)3-8/h3,9-10H,2,7H2,1H3/b5-3-,6-4-. The number of rotatable bonds is 2. The Morgan fingerprint density at radius 3 is 2.40 bits per heavy atom. The van der Waals surface area contributed by atoms with Gasteiger partial charge in [-0.2, -0.15) is 0 Å². The van der Waals surface area contributed by atoms with Crippen LogP contribution in [0.1, 0.15) is 13.3 Å². The molecule has 0 aromatic rings. The molecule has 0 aromatic heterocycles. The summed E-state index contributed by atoms with van der Waals surface area (Å²) < 4.78 is 0. The van der Waals surface area contributed by atoms with Crippen molar-refractivity contribution in [1.29, 1.82) is 0 Å². The molecular weight excluding hydrogens is 195 g/mol. The van der Waals surface area contributed by atoms with E-state index in [1.165, 1.54) is 4.99 Å². The first kappa shape index (κ1) is 9.62. The fourth-order valence-electron chi connectivity index (χ4n) is 0.387. The van der Waals surface area contributed by atoms with Crippen LogP contribution in [0.3, 0.4) is 0 Å².